The summed E-state index contributed by atoms with van der Waals surface area (Å²) in [5.41, 5.74) is 5.16. The second-order valence-electron chi connectivity index (χ2n) is 6.38. The molecule has 1 amide bonds. The van der Waals surface area contributed by atoms with Crippen molar-refractivity contribution in [2.75, 3.05) is 6.61 Å². The number of esters is 1. The molecule has 8 heteroatoms. The average molecular weight is 426 g/mol. The maximum absolute atomic E-state index is 12.8. The minimum absolute atomic E-state index is 0.0132. The molecular weight excluding hydrogens is 406 g/mol. The van der Waals surface area contributed by atoms with Crippen molar-refractivity contribution in [3.63, 3.8) is 0 Å². The molecule has 6 nitrogen and oxygen atoms in total. The molecule has 0 radical (unpaired) electrons. The first-order chi connectivity index (χ1) is 14.1. The Morgan fingerprint density at radius 1 is 1.14 bits per heavy atom. The molecule has 0 saturated carbocycles. The average Bonchev–Trinajstić information content (AvgIpc) is 3.31. The number of aromatic nitrogens is 2. The minimum atomic E-state index is -0.355. The van der Waals surface area contributed by atoms with E-state index in [1.807, 2.05) is 18.2 Å². The first-order valence-electron chi connectivity index (χ1n) is 9.29. The zero-order valence-corrected chi connectivity index (χ0v) is 17.7. The van der Waals surface area contributed by atoms with Gasteiger partial charge in [-0.15, -0.1) is 11.3 Å². The molecule has 4 aromatic rings. The van der Waals surface area contributed by atoms with Crippen LogP contribution in [0, 0.1) is 0 Å². The molecule has 2 aromatic heterocycles. The maximum atomic E-state index is 12.8. The number of benzene rings is 2. The van der Waals surface area contributed by atoms with E-state index in [-0.39, 0.29) is 18.4 Å². The predicted molar refractivity (Wildman–Crippen MR) is 115 cm³/mol. The van der Waals surface area contributed by atoms with Gasteiger partial charge in [0.05, 0.1) is 32.6 Å². The van der Waals surface area contributed by atoms with E-state index in [2.05, 4.69) is 23.0 Å². The van der Waals surface area contributed by atoms with Crippen LogP contribution in [0.2, 0.25) is 0 Å². The number of rotatable bonds is 5. The molecule has 0 spiro atoms. The van der Waals surface area contributed by atoms with Gasteiger partial charge in [0, 0.05) is 5.56 Å². The van der Waals surface area contributed by atoms with Crippen LogP contribution in [-0.4, -0.2) is 28.0 Å². The summed E-state index contributed by atoms with van der Waals surface area (Å²) in [5.74, 6) is -0.702. The van der Waals surface area contributed by atoms with Gasteiger partial charge in [0.1, 0.15) is 6.54 Å². The lowest BCUT2D eigenvalue weighted by molar-refractivity contribution is -0.143. The molecule has 0 bridgehead atoms. The van der Waals surface area contributed by atoms with Crippen LogP contribution in [0.15, 0.2) is 46.9 Å². The number of hydrogen-bond donors (Lipinski definition) is 0. The van der Waals surface area contributed by atoms with Gasteiger partial charge in [-0.2, -0.15) is 4.99 Å². The lowest BCUT2D eigenvalue weighted by Gasteiger charge is -2.05. The monoisotopic (exact) mass is 425 g/mol. The van der Waals surface area contributed by atoms with Gasteiger partial charge in [-0.1, -0.05) is 24.3 Å². The van der Waals surface area contributed by atoms with Crippen molar-refractivity contribution < 1.29 is 14.3 Å². The van der Waals surface area contributed by atoms with Gasteiger partial charge in [0.25, 0.3) is 5.91 Å². The Balaban J connectivity index is 1.81. The molecule has 4 rings (SSSR count). The quantitative estimate of drug-likeness (QED) is 0.450. The first-order valence-corrected chi connectivity index (χ1v) is 11.0. The highest BCUT2D eigenvalue weighted by molar-refractivity contribution is 7.17. The van der Waals surface area contributed by atoms with E-state index in [0.29, 0.717) is 17.0 Å². The standard InChI is InChI=1S/C21H19N3O3S2/c1-3-13-5-8-16-18(9-13)29-21(24(16)11-19(25)27-4-2)23-20(26)14-6-7-15-17(10-14)28-12-22-15/h5-10,12H,3-4,11H2,1-2H3. The first kappa shape index (κ1) is 19.5. The normalized spacial score (nSPS) is 12.0. The highest BCUT2D eigenvalue weighted by Gasteiger charge is 2.14. The van der Waals surface area contributed by atoms with Gasteiger partial charge in [-0.3, -0.25) is 9.59 Å². The van der Waals surface area contributed by atoms with Crippen LogP contribution < -0.4 is 4.80 Å². The maximum Gasteiger partial charge on any atom is 0.326 e. The third-order valence-corrected chi connectivity index (χ3v) is 6.36. The Morgan fingerprint density at radius 2 is 2.00 bits per heavy atom. The van der Waals surface area contributed by atoms with Crippen LogP contribution in [0.25, 0.3) is 20.4 Å². The van der Waals surface area contributed by atoms with Gasteiger partial charge < -0.3 is 9.30 Å². The predicted octanol–water partition coefficient (Wildman–Crippen LogP) is 4.18. The molecule has 148 valence electrons. The summed E-state index contributed by atoms with van der Waals surface area (Å²) < 4.78 is 8.78. The van der Waals surface area contributed by atoms with Gasteiger partial charge in [-0.05, 0) is 49.2 Å². The molecule has 0 aliphatic rings. The third-order valence-electron chi connectivity index (χ3n) is 4.52. The molecule has 2 heterocycles. The molecular formula is C21H19N3O3S2. The largest absolute Gasteiger partial charge is 0.465 e. The number of carbonyl (C=O) groups is 2. The van der Waals surface area contributed by atoms with E-state index in [1.54, 1.807) is 29.1 Å². The Labute approximate surface area is 175 Å². The van der Waals surface area contributed by atoms with E-state index in [9.17, 15) is 9.59 Å². The number of fused-ring (bicyclic) bond motifs is 2. The summed E-state index contributed by atoms with van der Waals surface area (Å²) >= 11 is 2.88. The van der Waals surface area contributed by atoms with Crippen molar-refractivity contribution in [3.8, 4) is 0 Å². The molecule has 0 atom stereocenters. The Morgan fingerprint density at radius 3 is 2.79 bits per heavy atom. The topological polar surface area (TPSA) is 73.6 Å². The van der Waals surface area contributed by atoms with Crippen LogP contribution in [0.3, 0.4) is 0 Å². The molecule has 0 N–H and O–H groups in total. The zero-order valence-electron chi connectivity index (χ0n) is 16.0. The third kappa shape index (κ3) is 3.99. The highest BCUT2D eigenvalue weighted by atomic mass is 32.1. The van der Waals surface area contributed by atoms with E-state index in [4.69, 9.17) is 4.74 Å². The molecule has 0 aliphatic heterocycles. The molecule has 0 unspecified atom stereocenters. The second-order valence-corrected chi connectivity index (χ2v) is 8.28. The fraction of sp³-hybridized carbons (Fsp3) is 0.238. The van der Waals surface area contributed by atoms with Gasteiger partial charge in [0.2, 0.25) is 0 Å². The second kappa shape index (κ2) is 8.26. The highest BCUT2D eigenvalue weighted by Crippen LogP contribution is 2.21. The van der Waals surface area contributed by atoms with E-state index < -0.39 is 0 Å². The fourth-order valence-electron chi connectivity index (χ4n) is 3.05. The zero-order chi connectivity index (χ0) is 20.4. The number of hydrogen-bond acceptors (Lipinski definition) is 6. The van der Waals surface area contributed by atoms with Crippen LogP contribution in [0.1, 0.15) is 29.8 Å². The van der Waals surface area contributed by atoms with Crippen molar-refractivity contribution in [3.05, 3.63) is 57.8 Å². The Bertz CT molecular complexity index is 1280. The van der Waals surface area contributed by atoms with Crippen molar-refractivity contribution in [2.45, 2.75) is 26.8 Å². The molecule has 2 aromatic carbocycles. The van der Waals surface area contributed by atoms with Crippen LogP contribution in [0.4, 0.5) is 0 Å². The van der Waals surface area contributed by atoms with Gasteiger partial charge in [0.15, 0.2) is 4.80 Å². The van der Waals surface area contributed by atoms with Crippen molar-refractivity contribution in [2.24, 2.45) is 4.99 Å². The van der Waals surface area contributed by atoms with Crippen LogP contribution in [0.5, 0.6) is 0 Å². The Hall–Kier alpha value is -2.84. The number of ether oxygens (including phenoxy) is 1. The summed E-state index contributed by atoms with van der Waals surface area (Å²) in [6.45, 7) is 4.18. The van der Waals surface area contributed by atoms with Gasteiger partial charge in [-0.25, -0.2) is 4.98 Å². The molecule has 29 heavy (non-hydrogen) atoms. The summed E-state index contributed by atoms with van der Waals surface area (Å²) in [7, 11) is 0. The lowest BCUT2D eigenvalue weighted by atomic mass is 10.2. The van der Waals surface area contributed by atoms with Crippen molar-refractivity contribution in [1.82, 2.24) is 9.55 Å². The fourth-order valence-corrected chi connectivity index (χ4v) is 4.86. The van der Waals surface area contributed by atoms with Crippen LogP contribution in [-0.2, 0) is 22.5 Å². The SMILES string of the molecule is CCOC(=O)Cn1c(=NC(=O)c2ccc3ncsc3c2)sc2cc(CC)ccc21. The van der Waals surface area contributed by atoms with Crippen LogP contribution >= 0.6 is 22.7 Å². The summed E-state index contributed by atoms with van der Waals surface area (Å²) in [6, 6.07) is 11.4. The lowest BCUT2D eigenvalue weighted by Crippen LogP contribution is -2.23. The van der Waals surface area contributed by atoms with E-state index in [1.165, 1.54) is 28.2 Å². The summed E-state index contributed by atoms with van der Waals surface area (Å²) in [6.07, 6.45) is 0.909. The number of amides is 1. The molecule has 0 aliphatic carbocycles. The molecule has 0 fully saturated rings. The molecule has 0 saturated heterocycles. The number of carbonyl (C=O) groups excluding carboxylic acids is 2. The summed E-state index contributed by atoms with van der Waals surface area (Å²) in [4.78, 5) is 34.0. The van der Waals surface area contributed by atoms with E-state index in [0.717, 1.165) is 26.9 Å². The van der Waals surface area contributed by atoms with Crippen molar-refractivity contribution in [1.29, 1.82) is 0 Å². The minimum Gasteiger partial charge on any atom is -0.465 e. The van der Waals surface area contributed by atoms with E-state index >= 15 is 0 Å². The number of thiazole rings is 2. The smallest absolute Gasteiger partial charge is 0.326 e. The van der Waals surface area contributed by atoms with Gasteiger partial charge >= 0.3 is 5.97 Å². The van der Waals surface area contributed by atoms with Crippen molar-refractivity contribution >= 4 is 55.0 Å². The number of nitrogens with zero attached hydrogens (tertiary/aromatic N) is 3. The summed E-state index contributed by atoms with van der Waals surface area (Å²) in [5, 5.41) is 0. The Kier molecular flexibility index (Phi) is 5.55. The number of aryl methyl sites for hydroxylation is 1.